The van der Waals surface area contributed by atoms with Crippen LogP contribution in [0.2, 0.25) is 0 Å². The van der Waals surface area contributed by atoms with Crippen molar-refractivity contribution in [3.05, 3.63) is 119 Å². The molecule has 6 rings (SSSR count). The quantitative estimate of drug-likeness (QED) is 0.376. The summed E-state index contributed by atoms with van der Waals surface area (Å²) in [6, 6.07) is 30.5. The molecule has 2 aliphatic rings. The van der Waals surface area contributed by atoms with Crippen LogP contribution in [-0.2, 0) is 16.5 Å². The van der Waals surface area contributed by atoms with Crippen LogP contribution in [0.3, 0.4) is 0 Å². The highest BCUT2D eigenvalue weighted by Gasteiger charge is 2.39. The molecule has 4 aromatic rings. The van der Waals surface area contributed by atoms with E-state index in [4.69, 9.17) is 0 Å². The van der Waals surface area contributed by atoms with Gasteiger partial charge in [0.05, 0.1) is 0 Å². The van der Waals surface area contributed by atoms with Gasteiger partial charge in [-0.15, -0.1) is 0 Å². The fraction of sp³-hybridized carbons (Fsp3) is 0.143. The minimum absolute atomic E-state index is 0.270. The maximum Gasteiger partial charge on any atom is 0.276 e. The molecule has 0 fully saturated rings. The van der Waals surface area contributed by atoms with Crippen molar-refractivity contribution in [2.75, 3.05) is 0 Å². The first kappa shape index (κ1) is 19.5. The Hall–Kier alpha value is -3.21. The number of hydrogen-bond acceptors (Lipinski definition) is 2. The molecule has 32 heavy (non-hydrogen) atoms. The fourth-order valence-electron chi connectivity index (χ4n) is 5.68. The lowest BCUT2D eigenvalue weighted by atomic mass is 9.88. The Labute approximate surface area is 188 Å². The summed E-state index contributed by atoms with van der Waals surface area (Å²) >= 11 is 0. The maximum atomic E-state index is 12.5. The molecule has 1 atom stereocenters. The molecule has 0 radical (unpaired) electrons. The third-order valence-corrected chi connectivity index (χ3v) is 8.04. The summed E-state index contributed by atoms with van der Waals surface area (Å²) in [4.78, 5) is 0. The van der Waals surface area contributed by atoms with E-state index in [1.165, 1.54) is 22.3 Å². The normalized spacial score (nSPS) is 16.3. The van der Waals surface area contributed by atoms with E-state index in [0.717, 1.165) is 35.1 Å². The molecule has 0 bridgehead atoms. The molecule has 4 aromatic carbocycles. The molecule has 2 aliphatic carbocycles. The van der Waals surface area contributed by atoms with Gasteiger partial charge in [-0.3, -0.25) is 4.55 Å². The van der Waals surface area contributed by atoms with Crippen molar-refractivity contribution in [2.45, 2.75) is 24.0 Å². The van der Waals surface area contributed by atoms with Gasteiger partial charge in [0.15, 0.2) is 0 Å². The molecular formula is C28H22O3S. The minimum atomic E-state index is -4.29. The van der Waals surface area contributed by atoms with Crippen molar-refractivity contribution in [3.63, 3.8) is 0 Å². The van der Waals surface area contributed by atoms with Crippen LogP contribution < -0.4 is 0 Å². The Morgan fingerprint density at radius 2 is 1.12 bits per heavy atom. The van der Waals surface area contributed by atoms with Crippen LogP contribution in [0.4, 0.5) is 0 Å². The van der Waals surface area contributed by atoms with E-state index in [0.29, 0.717) is 5.56 Å². The van der Waals surface area contributed by atoms with Crippen LogP contribution >= 0.6 is 0 Å². The van der Waals surface area contributed by atoms with E-state index in [-0.39, 0.29) is 5.92 Å². The van der Waals surface area contributed by atoms with Crippen LogP contribution in [0.15, 0.2) is 91.0 Å². The molecule has 0 spiro atoms. The maximum absolute atomic E-state index is 12.5. The van der Waals surface area contributed by atoms with E-state index < -0.39 is 15.4 Å². The van der Waals surface area contributed by atoms with Crippen molar-refractivity contribution in [3.8, 4) is 22.3 Å². The van der Waals surface area contributed by atoms with Gasteiger partial charge >= 0.3 is 0 Å². The predicted molar refractivity (Wildman–Crippen MR) is 127 cm³/mol. The van der Waals surface area contributed by atoms with Crippen LogP contribution in [0.25, 0.3) is 22.3 Å². The lowest BCUT2D eigenvalue weighted by Gasteiger charge is -2.18. The SMILES string of the molecule is O=S(=O)(O)C1c2ccccc2-c2cccc(CCC3c4ccccc4-c4ccccc43)c21. The van der Waals surface area contributed by atoms with E-state index in [2.05, 4.69) is 48.5 Å². The van der Waals surface area contributed by atoms with Crippen molar-refractivity contribution >= 4 is 10.1 Å². The third kappa shape index (κ3) is 2.87. The van der Waals surface area contributed by atoms with Crippen molar-refractivity contribution < 1.29 is 13.0 Å². The summed E-state index contributed by atoms with van der Waals surface area (Å²) in [5, 5.41) is -1.02. The topological polar surface area (TPSA) is 54.4 Å². The average Bonchev–Trinajstić information content (AvgIpc) is 3.31. The van der Waals surface area contributed by atoms with Crippen LogP contribution in [0.1, 0.15) is 45.4 Å². The lowest BCUT2D eigenvalue weighted by Crippen LogP contribution is -2.13. The van der Waals surface area contributed by atoms with E-state index in [1.54, 1.807) is 6.07 Å². The Bertz CT molecular complexity index is 1420. The second-order valence-electron chi connectivity index (χ2n) is 8.63. The Balaban J connectivity index is 1.42. The zero-order valence-corrected chi connectivity index (χ0v) is 18.2. The number of rotatable bonds is 4. The van der Waals surface area contributed by atoms with Gasteiger partial charge in [-0.05, 0) is 62.9 Å². The summed E-state index contributed by atoms with van der Waals surface area (Å²) in [7, 11) is -4.29. The van der Waals surface area contributed by atoms with Gasteiger partial charge in [0.1, 0.15) is 5.25 Å². The molecule has 0 aromatic heterocycles. The highest BCUT2D eigenvalue weighted by Crippen LogP contribution is 2.50. The first-order valence-electron chi connectivity index (χ1n) is 10.9. The van der Waals surface area contributed by atoms with Gasteiger partial charge in [-0.2, -0.15) is 8.42 Å². The van der Waals surface area contributed by atoms with E-state index in [9.17, 15) is 13.0 Å². The van der Waals surface area contributed by atoms with Gasteiger partial charge in [0.25, 0.3) is 10.1 Å². The van der Waals surface area contributed by atoms with Gasteiger partial charge < -0.3 is 0 Å². The standard InChI is InChI=1S/C28H22O3S/c29-32(30,31)28-26-14-6-5-13-23(26)25-15-7-8-18(27(25)28)16-17-24-21-11-3-1-9-19(21)20-10-2-4-12-22(20)24/h1-15,24,28H,16-17H2,(H,29,30,31). The number of benzene rings is 4. The summed E-state index contributed by atoms with van der Waals surface area (Å²) in [5.74, 6) is 0.270. The molecule has 4 heteroatoms. The number of hydrogen-bond donors (Lipinski definition) is 1. The van der Waals surface area contributed by atoms with Crippen molar-refractivity contribution in [2.24, 2.45) is 0 Å². The van der Waals surface area contributed by atoms with Crippen molar-refractivity contribution in [1.29, 1.82) is 0 Å². The smallest absolute Gasteiger partial charge is 0.276 e. The summed E-state index contributed by atoms with van der Waals surface area (Å²) in [6.45, 7) is 0. The summed E-state index contributed by atoms with van der Waals surface area (Å²) < 4.78 is 35.1. The van der Waals surface area contributed by atoms with E-state index >= 15 is 0 Å². The molecular weight excluding hydrogens is 416 g/mol. The fourth-order valence-corrected chi connectivity index (χ4v) is 6.78. The summed E-state index contributed by atoms with van der Waals surface area (Å²) in [5.41, 5.74) is 9.42. The average molecular weight is 439 g/mol. The second kappa shape index (κ2) is 7.16. The monoisotopic (exact) mass is 438 g/mol. The molecule has 158 valence electrons. The van der Waals surface area contributed by atoms with Gasteiger partial charge in [0.2, 0.25) is 0 Å². The molecule has 0 heterocycles. The Morgan fingerprint density at radius 3 is 1.72 bits per heavy atom. The van der Waals surface area contributed by atoms with Crippen molar-refractivity contribution in [1.82, 2.24) is 0 Å². The molecule has 0 saturated heterocycles. The first-order valence-corrected chi connectivity index (χ1v) is 12.4. The van der Waals surface area contributed by atoms with Gasteiger partial charge in [-0.25, -0.2) is 0 Å². The number of aryl methyl sites for hydroxylation is 1. The van der Waals surface area contributed by atoms with Crippen LogP contribution in [0, 0.1) is 0 Å². The molecule has 0 aliphatic heterocycles. The van der Waals surface area contributed by atoms with Crippen LogP contribution in [-0.4, -0.2) is 13.0 Å². The zero-order valence-electron chi connectivity index (χ0n) is 17.4. The summed E-state index contributed by atoms with van der Waals surface area (Å²) in [6.07, 6.45) is 1.61. The highest BCUT2D eigenvalue weighted by atomic mass is 32.2. The second-order valence-corrected chi connectivity index (χ2v) is 10.1. The highest BCUT2D eigenvalue weighted by molar-refractivity contribution is 7.86. The molecule has 1 N–H and O–H groups in total. The Kier molecular flexibility index (Phi) is 4.36. The molecule has 1 unspecified atom stereocenters. The minimum Gasteiger partial charge on any atom is -0.285 e. The molecule has 3 nitrogen and oxygen atoms in total. The largest absolute Gasteiger partial charge is 0.285 e. The van der Waals surface area contributed by atoms with Gasteiger partial charge in [0, 0.05) is 5.92 Å². The van der Waals surface area contributed by atoms with Crippen LogP contribution in [0.5, 0.6) is 0 Å². The van der Waals surface area contributed by atoms with Gasteiger partial charge in [-0.1, -0.05) is 91.0 Å². The Morgan fingerprint density at radius 1 is 0.625 bits per heavy atom. The zero-order chi connectivity index (χ0) is 21.9. The third-order valence-electron chi connectivity index (χ3n) is 6.95. The molecule has 0 amide bonds. The van der Waals surface area contributed by atoms with E-state index in [1.807, 2.05) is 36.4 Å². The molecule has 0 saturated carbocycles. The predicted octanol–water partition coefficient (Wildman–Crippen LogP) is 6.39. The number of fused-ring (bicyclic) bond motifs is 6. The first-order chi connectivity index (χ1) is 15.5. The lowest BCUT2D eigenvalue weighted by molar-refractivity contribution is 0.475.